The van der Waals surface area contributed by atoms with Crippen LogP contribution in [0.5, 0.6) is 5.75 Å². The smallest absolute Gasteiger partial charge is 0.148 e. The Morgan fingerprint density at radius 1 is 0.578 bits per heavy atom. The third-order valence-electron chi connectivity index (χ3n) is 12.6. The van der Waals surface area contributed by atoms with Gasteiger partial charge >= 0.3 is 0 Å². The van der Waals surface area contributed by atoms with Crippen molar-refractivity contribution < 1.29 is 26.2 Å². The first-order valence-electron chi connectivity index (χ1n) is 22.3. The molecule has 0 radical (unpaired) electrons. The number of aryl methyl sites for hydroxylation is 1. The largest absolute Gasteiger partial charge is 0.507 e. The maximum atomic E-state index is 12.3. The van der Waals surface area contributed by atoms with Gasteiger partial charge in [0, 0.05) is 38.5 Å². The van der Waals surface area contributed by atoms with E-state index in [1.54, 1.807) is 0 Å². The van der Waals surface area contributed by atoms with Crippen LogP contribution in [0.2, 0.25) is 0 Å². The summed E-state index contributed by atoms with van der Waals surface area (Å²) in [5.74, 6) is 1.71. The number of hydrogen-bond donors (Lipinski definition) is 1. The molecule has 0 aliphatic rings. The number of rotatable bonds is 11. The number of imidazole rings is 1. The zero-order valence-electron chi connectivity index (χ0n) is 37.6. The Morgan fingerprint density at radius 2 is 1.25 bits per heavy atom. The molecule has 2 aromatic heterocycles. The third kappa shape index (κ3) is 8.65. The van der Waals surface area contributed by atoms with Crippen molar-refractivity contribution in [3.8, 4) is 78.6 Å². The van der Waals surface area contributed by atoms with Gasteiger partial charge in [-0.3, -0.25) is 9.55 Å². The molecule has 0 aliphatic heterocycles. The number of para-hydroxylation sites is 1. The molecule has 0 saturated carbocycles. The quantitative estimate of drug-likeness (QED) is 0.131. The van der Waals surface area contributed by atoms with Gasteiger partial charge in [-0.05, 0) is 100 Å². The van der Waals surface area contributed by atoms with Crippen LogP contribution in [0.15, 0.2) is 164 Å². The Bertz CT molecular complexity index is 3080. The molecule has 4 nitrogen and oxygen atoms in total. The first-order chi connectivity index (χ1) is 30.6. The summed E-state index contributed by atoms with van der Waals surface area (Å²) in [4.78, 5) is 10.6. The van der Waals surface area contributed by atoms with Crippen LogP contribution in [-0.4, -0.2) is 19.6 Å². The monoisotopic (exact) mass is 1020 g/mol. The number of nitrogens with zero attached hydrogens (tertiary/aromatic N) is 3. The second-order valence-electron chi connectivity index (χ2n) is 17.6. The summed E-state index contributed by atoms with van der Waals surface area (Å²) in [6.45, 7) is 15.3. The summed E-state index contributed by atoms with van der Waals surface area (Å²) in [5.41, 5.74) is 18.3. The van der Waals surface area contributed by atoms with Crippen molar-refractivity contribution in [1.29, 1.82) is 0 Å². The number of pyridine rings is 1. The van der Waals surface area contributed by atoms with E-state index in [0.29, 0.717) is 11.7 Å². The van der Waals surface area contributed by atoms with Gasteiger partial charge in [-0.15, -0.1) is 23.8 Å². The predicted molar refractivity (Wildman–Crippen MR) is 264 cm³/mol. The van der Waals surface area contributed by atoms with Gasteiger partial charge < -0.3 is 5.11 Å². The fourth-order valence-electron chi connectivity index (χ4n) is 8.66. The van der Waals surface area contributed by atoms with E-state index in [9.17, 15) is 5.11 Å². The number of phenolic OH excluding ortho intramolecular Hbond substituents is 1. The summed E-state index contributed by atoms with van der Waals surface area (Å²) in [7, 11) is 0. The SMILES string of the molecule is CCC(C)c1ccc(-n2c(-c3cc(C(C)C)cc(C(C)C)c3O)nc3c(-c4[c-]c(-c5cc(-c6ccc(C)cc6)ccn5)cc(-c5ccccc5)c4)cccc32)c(-c2ccccc2)c1.[Pt]. The van der Waals surface area contributed by atoms with Gasteiger partial charge in [0.05, 0.1) is 22.3 Å². The van der Waals surface area contributed by atoms with Crippen LogP contribution in [-0.2, 0) is 21.1 Å². The minimum Gasteiger partial charge on any atom is -0.507 e. The second kappa shape index (κ2) is 18.8. The Labute approximate surface area is 393 Å². The van der Waals surface area contributed by atoms with Crippen LogP contribution in [0.1, 0.15) is 88.0 Å². The van der Waals surface area contributed by atoms with Gasteiger partial charge in [0.1, 0.15) is 11.6 Å². The van der Waals surface area contributed by atoms with Gasteiger partial charge in [0.25, 0.3) is 0 Å². The van der Waals surface area contributed by atoms with E-state index >= 15 is 0 Å². The van der Waals surface area contributed by atoms with E-state index in [-0.39, 0.29) is 38.7 Å². The van der Waals surface area contributed by atoms with Gasteiger partial charge in [-0.2, -0.15) is 0 Å². The molecule has 0 saturated heterocycles. The summed E-state index contributed by atoms with van der Waals surface area (Å²) in [5, 5.41) is 12.3. The molecule has 9 aromatic rings. The summed E-state index contributed by atoms with van der Waals surface area (Å²) >= 11 is 0. The fraction of sp³-hybridized carbons (Fsp3) is 0.186. The number of phenols is 1. The Morgan fingerprint density at radius 3 is 1.94 bits per heavy atom. The van der Waals surface area contributed by atoms with Crippen LogP contribution in [0.4, 0.5) is 0 Å². The summed E-state index contributed by atoms with van der Waals surface area (Å²) < 4.78 is 2.28. The molecule has 0 aliphatic carbocycles. The van der Waals surface area contributed by atoms with Gasteiger partial charge in [-0.1, -0.05) is 179 Å². The third-order valence-corrected chi connectivity index (χ3v) is 12.6. The molecule has 1 unspecified atom stereocenters. The Kier molecular flexibility index (Phi) is 13.0. The molecule has 2 heterocycles. The Hall–Kier alpha value is -6.35. The maximum absolute atomic E-state index is 12.3. The average Bonchev–Trinajstić information content (AvgIpc) is 3.71. The first kappa shape index (κ1) is 44.3. The molecule has 7 aromatic carbocycles. The topological polar surface area (TPSA) is 50.9 Å². The van der Waals surface area contributed by atoms with E-state index < -0.39 is 0 Å². The molecule has 0 bridgehead atoms. The molecule has 0 amide bonds. The van der Waals surface area contributed by atoms with Gasteiger partial charge in [0.15, 0.2) is 0 Å². The minimum absolute atomic E-state index is 0. The van der Waals surface area contributed by atoms with Crippen molar-refractivity contribution in [2.45, 2.75) is 72.6 Å². The van der Waals surface area contributed by atoms with Crippen molar-refractivity contribution in [1.82, 2.24) is 14.5 Å². The predicted octanol–water partition coefficient (Wildman–Crippen LogP) is 16.0. The van der Waals surface area contributed by atoms with Crippen molar-refractivity contribution >= 4 is 11.0 Å². The summed E-state index contributed by atoms with van der Waals surface area (Å²) in [6, 6.07) is 59.9. The molecule has 0 spiro atoms. The van der Waals surface area contributed by atoms with Crippen LogP contribution in [0.3, 0.4) is 0 Å². The molecular weight excluding hydrogens is 962 g/mol. The molecule has 1 atom stereocenters. The average molecular weight is 1020 g/mol. The number of fused-ring (bicyclic) bond motifs is 1. The van der Waals surface area contributed by atoms with Crippen molar-refractivity contribution in [3.05, 3.63) is 192 Å². The van der Waals surface area contributed by atoms with E-state index in [4.69, 9.17) is 9.97 Å². The van der Waals surface area contributed by atoms with E-state index in [0.717, 1.165) is 95.6 Å². The minimum atomic E-state index is 0. The van der Waals surface area contributed by atoms with Crippen molar-refractivity contribution in [2.75, 3.05) is 0 Å². The van der Waals surface area contributed by atoms with Crippen LogP contribution in [0.25, 0.3) is 83.9 Å². The molecule has 0 fully saturated rings. The molecule has 5 heteroatoms. The van der Waals surface area contributed by atoms with Crippen molar-refractivity contribution in [3.63, 3.8) is 0 Å². The van der Waals surface area contributed by atoms with Crippen molar-refractivity contribution in [2.24, 2.45) is 0 Å². The zero-order chi connectivity index (χ0) is 43.8. The molecule has 64 heavy (non-hydrogen) atoms. The van der Waals surface area contributed by atoms with Crippen LogP contribution in [0, 0.1) is 13.0 Å². The standard InChI is InChI=1S/C59H54N3O.Pt/c1-8-40(7)44-26-27-55(52(33-44)43-18-13-10-14-19-43)62-56-21-15-20-50(57(56)61-59(62)53-35-46(37(2)3)34-51(38(4)5)58(53)63)48-30-47(41-16-11-9-12-17-41)31-49(32-48)54-36-45(28-29-60-54)42-24-22-39(6)23-25-42;/h9-31,33-38,40,63H,8H2,1-7H3;/q-1;. The Balaban J connectivity index is 0.00000560. The normalized spacial score (nSPS) is 11.9. The molecule has 9 rings (SSSR count). The van der Waals surface area contributed by atoms with E-state index in [2.05, 4.69) is 217 Å². The second-order valence-corrected chi connectivity index (χ2v) is 17.6. The van der Waals surface area contributed by atoms with Crippen LogP contribution < -0.4 is 0 Å². The number of aromatic hydroxyl groups is 1. The van der Waals surface area contributed by atoms with E-state index in [1.807, 2.05) is 6.20 Å². The maximum Gasteiger partial charge on any atom is 0.148 e. The van der Waals surface area contributed by atoms with Crippen LogP contribution >= 0.6 is 0 Å². The molecule has 1 N–H and O–H groups in total. The first-order valence-corrected chi connectivity index (χ1v) is 22.3. The van der Waals surface area contributed by atoms with Gasteiger partial charge in [-0.25, -0.2) is 4.98 Å². The van der Waals surface area contributed by atoms with E-state index in [1.165, 1.54) is 11.1 Å². The summed E-state index contributed by atoms with van der Waals surface area (Å²) in [6.07, 6.45) is 2.93. The fourth-order valence-corrected chi connectivity index (χ4v) is 8.66. The van der Waals surface area contributed by atoms with Gasteiger partial charge in [0.2, 0.25) is 0 Å². The molecule has 322 valence electrons. The number of hydrogen-bond acceptors (Lipinski definition) is 3. The molecular formula is C59H54N3OPt-. The zero-order valence-corrected chi connectivity index (χ0v) is 39.9. The number of benzene rings is 7. The number of aromatic nitrogens is 3.